The van der Waals surface area contributed by atoms with Gasteiger partial charge in [0.25, 0.3) is 0 Å². The molecule has 0 bridgehead atoms. The van der Waals surface area contributed by atoms with E-state index in [0.717, 1.165) is 12.1 Å². The third kappa shape index (κ3) is 1.89. The molecule has 0 aliphatic carbocycles. The second-order valence-electron chi connectivity index (χ2n) is 3.62. The quantitative estimate of drug-likeness (QED) is 0.755. The molecule has 2 rings (SSSR count). The van der Waals surface area contributed by atoms with E-state index >= 15 is 0 Å². The number of hydrogen-bond donors (Lipinski definition) is 1. The van der Waals surface area contributed by atoms with Crippen LogP contribution < -0.4 is 5.32 Å². The van der Waals surface area contributed by atoms with Gasteiger partial charge < -0.3 is 5.32 Å². The van der Waals surface area contributed by atoms with Crippen molar-refractivity contribution in [3.63, 3.8) is 0 Å². The van der Waals surface area contributed by atoms with Gasteiger partial charge in [0.2, 0.25) is 0 Å². The first-order chi connectivity index (χ1) is 7.41. The van der Waals surface area contributed by atoms with Crippen molar-refractivity contribution in [3.8, 4) is 0 Å². The Morgan fingerprint density at radius 3 is 2.38 bits per heavy atom. The van der Waals surface area contributed by atoms with Crippen LogP contribution in [0.25, 0.3) is 0 Å². The first-order valence-corrected chi connectivity index (χ1v) is 5.07. The lowest BCUT2D eigenvalue weighted by Gasteiger charge is -2.30. The van der Waals surface area contributed by atoms with Gasteiger partial charge >= 0.3 is 6.18 Å². The zero-order valence-electron chi connectivity index (χ0n) is 8.04. The van der Waals surface area contributed by atoms with Crippen molar-refractivity contribution in [2.45, 2.75) is 18.6 Å². The standard InChI is InChI=1S/C10H8ClF4N/c11-6-2-1-5(10(13,14)15)8(9(6)12)7-3-4-16-7/h1-2,7,16H,3-4H2/t7-/m0/s1. The molecule has 1 aliphatic heterocycles. The molecule has 1 fully saturated rings. The van der Waals surface area contributed by atoms with E-state index in [-0.39, 0.29) is 10.6 Å². The molecule has 0 spiro atoms. The van der Waals surface area contributed by atoms with Crippen molar-refractivity contribution >= 4 is 11.6 Å². The van der Waals surface area contributed by atoms with Gasteiger partial charge in [0.15, 0.2) is 0 Å². The maximum atomic E-state index is 13.6. The lowest BCUT2D eigenvalue weighted by atomic mass is 9.92. The van der Waals surface area contributed by atoms with Crippen LogP contribution in [0.15, 0.2) is 12.1 Å². The fourth-order valence-electron chi connectivity index (χ4n) is 1.69. The van der Waals surface area contributed by atoms with E-state index in [1.807, 2.05) is 0 Å². The van der Waals surface area contributed by atoms with Crippen LogP contribution in [0.2, 0.25) is 5.02 Å². The lowest BCUT2D eigenvalue weighted by molar-refractivity contribution is -0.138. The van der Waals surface area contributed by atoms with E-state index < -0.39 is 23.6 Å². The summed E-state index contributed by atoms with van der Waals surface area (Å²) in [6.45, 7) is 0.591. The second-order valence-corrected chi connectivity index (χ2v) is 4.02. The van der Waals surface area contributed by atoms with Crippen LogP contribution in [-0.4, -0.2) is 6.54 Å². The second kappa shape index (κ2) is 3.89. The minimum absolute atomic E-state index is 0.281. The highest BCUT2D eigenvalue weighted by Gasteiger charge is 2.38. The van der Waals surface area contributed by atoms with E-state index in [1.165, 1.54) is 0 Å². The van der Waals surface area contributed by atoms with Crippen molar-refractivity contribution in [1.29, 1.82) is 0 Å². The van der Waals surface area contributed by atoms with Crippen LogP contribution in [0.3, 0.4) is 0 Å². The van der Waals surface area contributed by atoms with Crippen LogP contribution in [0.1, 0.15) is 23.6 Å². The van der Waals surface area contributed by atoms with Crippen LogP contribution in [0.4, 0.5) is 17.6 Å². The van der Waals surface area contributed by atoms with Gasteiger partial charge in [-0.15, -0.1) is 0 Å². The van der Waals surface area contributed by atoms with Gasteiger partial charge in [-0.1, -0.05) is 11.6 Å². The molecule has 1 N–H and O–H groups in total. The first kappa shape index (κ1) is 11.7. The number of alkyl halides is 3. The summed E-state index contributed by atoms with van der Waals surface area (Å²) < 4.78 is 51.5. The van der Waals surface area contributed by atoms with Crippen molar-refractivity contribution in [3.05, 3.63) is 34.1 Å². The molecule has 16 heavy (non-hydrogen) atoms. The summed E-state index contributed by atoms with van der Waals surface area (Å²) in [5, 5.41) is 2.46. The molecule has 1 heterocycles. The highest BCUT2D eigenvalue weighted by molar-refractivity contribution is 6.30. The van der Waals surface area contributed by atoms with Gasteiger partial charge in [0.05, 0.1) is 10.6 Å². The summed E-state index contributed by atoms with van der Waals surface area (Å²) in [6.07, 6.45) is -4.07. The maximum Gasteiger partial charge on any atom is 0.416 e. The molecule has 0 saturated carbocycles. The average Bonchev–Trinajstić information content (AvgIpc) is 2.08. The van der Waals surface area contributed by atoms with Crippen molar-refractivity contribution < 1.29 is 17.6 Å². The maximum absolute atomic E-state index is 13.6. The average molecular weight is 254 g/mol. The van der Waals surface area contributed by atoms with Crippen molar-refractivity contribution in [2.24, 2.45) is 0 Å². The first-order valence-electron chi connectivity index (χ1n) is 4.69. The van der Waals surface area contributed by atoms with Crippen LogP contribution in [-0.2, 0) is 6.18 Å². The molecule has 0 unspecified atom stereocenters. The fourth-order valence-corrected chi connectivity index (χ4v) is 1.85. The van der Waals surface area contributed by atoms with E-state index in [1.54, 1.807) is 0 Å². The van der Waals surface area contributed by atoms with E-state index in [4.69, 9.17) is 11.6 Å². The van der Waals surface area contributed by atoms with E-state index in [9.17, 15) is 17.6 Å². The Hall–Kier alpha value is -0.810. The summed E-state index contributed by atoms with van der Waals surface area (Å²) in [6, 6.07) is 1.16. The lowest BCUT2D eigenvalue weighted by Crippen LogP contribution is -2.37. The molecule has 1 atom stereocenters. The summed E-state index contributed by atoms with van der Waals surface area (Å²) in [5.41, 5.74) is -1.32. The van der Waals surface area contributed by atoms with Gasteiger partial charge in [-0.2, -0.15) is 13.2 Å². The molecule has 6 heteroatoms. The molecule has 0 radical (unpaired) electrons. The molecule has 0 amide bonds. The summed E-state index contributed by atoms with van der Waals surface area (Å²) in [5.74, 6) is -0.978. The molecular weight excluding hydrogens is 246 g/mol. The summed E-state index contributed by atoms with van der Waals surface area (Å²) in [4.78, 5) is 0. The largest absolute Gasteiger partial charge is 0.416 e. The molecule has 1 aliphatic rings. The van der Waals surface area contributed by atoms with Gasteiger partial charge in [0, 0.05) is 11.6 Å². The van der Waals surface area contributed by atoms with E-state index in [2.05, 4.69) is 5.32 Å². The van der Waals surface area contributed by atoms with Crippen LogP contribution >= 0.6 is 11.6 Å². The molecule has 1 nitrogen and oxygen atoms in total. The number of rotatable bonds is 1. The normalized spacial score (nSPS) is 20.7. The highest BCUT2D eigenvalue weighted by atomic mass is 35.5. The highest BCUT2D eigenvalue weighted by Crippen LogP contribution is 2.40. The molecule has 1 saturated heterocycles. The van der Waals surface area contributed by atoms with Crippen molar-refractivity contribution in [2.75, 3.05) is 6.54 Å². The zero-order valence-corrected chi connectivity index (χ0v) is 8.79. The predicted molar refractivity (Wildman–Crippen MR) is 51.8 cm³/mol. The molecule has 0 aromatic heterocycles. The minimum Gasteiger partial charge on any atom is -0.310 e. The number of halogens is 5. The third-order valence-corrected chi connectivity index (χ3v) is 2.90. The minimum atomic E-state index is -4.56. The smallest absolute Gasteiger partial charge is 0.310 e. The van der Waals surface area contributed by atoms with Gasteiger partial charge in [0.1, 0.15) is 5.82 Å². The summed E-state index contributed by atoms with van der Waals surface area (Å²) in [7, 11) is 0. The Morgan fingerprint density at radius 1 is 1.31 bits per heavy atom. The van der Waals surface area contributed by atoms with Gasteiger partial charge in [-0.25, -0.2) is 4.39 Å². The Bertz CT molecular complexity index is 412. The van der Waals surface area contributed by atoms with E-state index in [0.29, 0.717) is 13.0 Å². The zero-order chi connectivity index (χ0) is 11.9. The number of nitrogens with one attached hydrogen (secondary N) is 1. The number of benzene rings is 1. The number of hydrogen-bond acceptors (Lipinski definition) is 1. The monoisotopic (exact) mass is 253 g/mol. The Kier molecular flexibility index (Phi) is 2.84. The predicted octanol–water partition coefficient (Wildman–Crippen LogP) is 3.53. The van der Waals surface area contributed by atoms with Gasteiger partial charge in [-0.3, -0.25) is 0 Å². The summed E-state index contributed by atoms with van der Waals surface area (Å²) >= 11 is 5.49. The Morgan fingerprint density at radius 2 is 1.94 bits per heavy atom. The Labute approximate surface area is 94.4 Å². The van der Waals surface area contributed by atoms with Crippen LogP contribution in [0.5, 0.6) is 0 Å². The fraction of sp³-hybridized carbons (Fsp3) is 0.400. The third-order valence-electron chi connectivity index (χ3n) is 2.61. The topological polar surface area (TPSA) is 12.0 Å². The van der Waals surface area contributed by atoms with Crippen molar-refractivity contribution in [1.82, 2.24) is 5.32 Å². The molecule has 1 aromatic carbocycles. The SMILES string of the molecule is Fc1c(Cl)ccc(C(F)(F)F)c1[C@@H]1CCN1. The molecule has 1 aromatic rings. The van der Waals surface area contributed by atoms with Gasteiger partial charge in [-0.05, 0) is 25.1 Å². The molecule has 88 valence electrons. The Balaban J connectivity index is 2.55. The van der Waals surface area contributed by atoms with Crippen LogP contribution in [0, 0.1) is 5.82 Å². The molecular formula is C10H8ClF4N.